The number of nitrogens with one attached hydrogen (secondary N) is 3. The Balaban J connectivity index is 0.895. The molecule has 1 amide bonds. The molecule has 0 aliphatic carbocycles. The van der Waals surface area contributed by atoms with Crippen molar-refractivity contribution in [2.45, 2.75) is 44.1 Å². The number of rotatable bonds is 19. The van der Waals surface area contributed by atoms with Gasteiger partial charge in [-0.15, -0.1) is 0 Å². The number of hydrogen-bond donors (Lipinski definition) is 6. The average Bonchev–Trinajstić information content (AvgIpc) is 3.31. The molecule has 334 valence electrons. The van der Waals surface area contributed by atoms with Crippen LogP contribution in [0.1, 0.15) is 63.5 Å². The van der Waals surface area contributed by atoms with Crippen LogP contribution in [0.5, 0.6) is 17.2 Å². The first-order valence-corrected chi connectivity index (χ1v) is 21.7. The van der Waals surface area contributed by atoms with E-state index >= 15 is 0 Å². The summed E-state index contributed by atoms with van der Waals surface area (Å²) in [5, 5.41) is 40.1. The Morgan fingerprint density at radius 3 is 2.41 bits per heavy atom. The van der Waals surface area contributed by atoms with Crippen LogP contribution in [0.15, 0.2) is 126 Å². The minimum absolute atomic E-state index is 0.0953. The van der Waals surface area contributed by atoms with Crippen molar-refractivity contribution in [3.05, 3.63) is 170 Å². The molecule has 1 unspecified atom stereocenters. The Hall–Kier alpha value is -6.22. The molecule has 6 aromatic rings. The fourth-order valence-corrected chi connectivity index (χ4v) is 8.27. The zero-order valence-electron chi connectivity index (χ0n) is 35.6. The van der Waals surface area contributed by atoms with Crippen LogP contribution in [-0.2, 0) is 28.2 Å². The molecule has 13 nitrogen and oxygen atoms in total. The topological polar surface area (TPSA) is 183 Å². The number of pyridine rings is 1. The van der Waals surface area contributed by atoms with E-state index < -0.39 is 23.6 Å². The van der Waals surface area contributed by atoms with Crippen LogP contribution in [0.3, 0.4) is 0 Å². The molecule has 7 rings (SSSR count). The number of piperidine rings is 1. The van der Waals surface area contributed by atoms with Gasteiger partial charge in [0.25, 0.3) is 5.91 Å². The lowest BCUT2D eigenvalue weighted by atomic mass is 9.86. The number of phenols is 1. The van der Waals surface area contributed by atoms with Crippen molar-refractivity contribution in [3.8, 4) is 17.2 Å². The van der Waals surface area contributed by atoms with Crippen molar-refractivity contribution in [3.63, 3.8) is 0 Å². The molecule has 1 aliphatic rings. The molecule has 2 heterocycles. The summed E-state index contributed by atoms with van der Waals surface area (Å²) in [4.78, 5) is 43.9. The predicted molar refractivity (Wildman–Crippen MR) is 245 cm³/mol. The molecule has 1 saturated heterocycles. The number of benzene rings is 5. The molecule has 1 aromatic heterocycles. The third-order valence-electron chi connectivity index (χ3n) is 11.6. The lowest BCUT2D eigenvalue weighted by molar-refractivity contribution is -0.164. The summed E-state index contributed by atoms with van der Waals surface area (Å²) >= 11 is 6.59. The van der Waals surface area contributed by atoms with Gasteiger partial charge in [-0.1, -0.05) is 90.5 Å². The van der Waals surface area contributed by atoms with Crippen molar-refractivity contribution in [2.75, 3.05) is 46.5 Å². The zero-order valence-corrected chi connectivity index (χ0v) is 36.4. The van der Waals surface area contributed by atoms with E-state index in [-0.39, 0.29) is 66.2 Å². The number of aliphatic hydroxyl groups is 2. The first-order valence-electron chi connectivity index (χ1n) is 21.4. The maximum absolute atomic E-state index is 13.9. The summed E-state index contributed by atoms with van der Waals surface area (Å²) in [6.07, 6.45) is 1.25. The number of aromatic nitrogens is 1. The Bertz CT molecular complexity index is 2580. The molecule has 64 heavy (non-hydrogen) atoms. The van der Waals surface area contributed by atoms with E-state index in [0.29, 0.717) is 45.6 Å². The van der Waals surface area contributed by atoms with Gasteiger partial charge in [-0.3, -0.25) is 14.5 Å². The normalized spacial score (nSPS) is 14.7. The number of H-pyrrole nitrogens is 1. The number of fused-ring (bicyclic) bond motifs is 1. The third-order valence-corrected chi connectivity index (χ3v) is 11.9. The van der Waals surface area contributed by atoms with E-state index in [4.69, 9.17) is 25.8 Å². The number of amides is 1. The molecule has 1 fully saturated rings. The molecule has 6 N–H and O–H groups in total. The number of carbonyl (C=O) groups is 2. The maximum atomic E-state index is 13.9. The van der Waals surface area contributed by atoms with Gasteiger partial charge < -0.3 is 45.1 Å². The molecule has 2 atom stereocenters. The minimum atomic E-state index is -2.07. The highest BCUT2D eigenvalue weighted by Crippen LogP contribution is 2.34. The summed E-state index contributed by atoms with van der Waals surface area (Å²) in [6, 6.07) is 35.0. The average molecular weight is 889 g/mol. The van der Waals surface area contributed by atoms with Crippen LogP contribution >= 0.6 is 11.6 Å². The van der Waals surface area contributed by atoms with Gasteiger partial charge in [-0.2, -0.15) is 0 Å². The second kappa shape index (κ2) is 21.4. The number of aromatic amines is 1. The lowest BCUT2D eigenvalue weighted by Crippen LogP contribution is -2.40. The van der Waals surface area contributed by atoms with Crippen LogP contribution in [0.25, 0.3) is 10.9 Å². The fourth-order valence-electron chi connectivity index (χ4n) is 8.00. The van der Waals surface area contributed by atoms with Gasteiger partial charge in [0.1, 0.15) is 17.2 Å². The van der Waals surface area contributed by atoms with Gasteiger partial charge in [0, 0.05) is 48.8 Å². The third kappa shape index (κ3) is 11.1. The van der Waals surface area contributed by atoms with E-state index in [1.807, 2.05) is 24.3 Å². The number of hydrogen-bond acceptors (Lipinski definition) is 11. The van der Waals surface area contributed by atoms with Crippen molar-refractivity contribution >= 4 is 34.4 Å². The molecule has 0 bridgehead atoms. The Kier molecular flexibility index (Phi) is 15.3. The van der Waals surface area contributed by atoms with Crippen molar-refractivity contribution in [1.82, 2.24) is 20.5 Å². The Morgan fingerprint density at radius 2 is 1.66 bits per heavy atom. The van der Waals surface area contributed by atoms with Gasteiger partial charge in [0.15, 0.2) is 0 Å². The van der Waals surface area contributed by atoms with E-state index in [1.165, 1.54) is 24.8 Å². The Morgan fingerprint density at radius 1 is 0.922 bits per heavy atom. The highest BCUT2D eigenvalue weighted by Gasteiger charge is 2.42. The maximum Gasteiger partial charge on any atom is 0.347 e. The first-order chi connectivity index (χ1) is 31.0. The van der Waals surface area contributed by atoms with Crippen LogP contribution < -0.4 is 25.7 Å². The summed E-state index contributed by atoms with van der Waals surface area (Å²) in [5.74, 6) is -0.192. The number of phenolic OH excluding ortho intramolecular Hbond substituents is 1. The number of carbonyl (C=O) groups excluding carboxylic acids is 2. The number of aliphatic hydroxyl groups excluding tert-OH is 1. The molecule has 1 aliphatic heterocycles. The molecule has 0 spiro atoms. The van der Waals surface area contributed by atoms with Gasteiger partial charge >= 0.3 is 5.97 Å². The minimum Gasteiger partial charge on any atom is -0.506 e. The molecular weight excluding hydrogens is 836 g/mol. The second-order valence-corrected chi connectivity index (χ2v) is 16.3. The van der Waals surface area contributed by atoms with E-state index in [2.05, 4.69) is 32.7 Å². The van der Waals surface area contributed by atoms with Crippen LogP contribution in [0.2, 0.25) is 5.02 Å². The highest BCUT2D eigenvalue weighted by atomic mass is 35.5. The van der Waals surface area contributed by atoms with Gasteiger partial charge in [0.2, 0.25) is 11.2 Å². The molecule has 5 aromatic carbocycles. The highest BCUT2D eigenvalue weighted by molar-refractivity contribution is 6.34. The molecule has 0 saturated carbocycles. The quantitative estimate of drug-likeness (QED) is 0.0381. The Labute approximate surface area is 376 Å². The van der Waals surface area contributed by atoms with Crippen LogP contribution in [0.4, 0.5) is 0 Å². The fraction of sp³-hybridized carbons (Fsp3) is 0.300. The van der Waals surface area contributed by atoms with Gasteiger partial charge in [-0.05, 0) is 91.4 Å². The SMILES string of the molecule is COc1cc(C(=O)NCCCOc2cccc(C(O)(C(=O)OCC3CCN(Cc4ccccc4)CC3)c3ccccc3)c2)c(Cl)cc1CNC[C@H](O)c1ccc(O)c2[nH]c(=O)ccc12. The number of likely N-dealkylation sites (tertiary alicyclic amines) is 1. The van der Waals surface area contributed by atoms with Gasteiger partial charge in [0.05, 0.1) is 42.5 Å². The van der Waals surface area contributed by atoms with Crippen molar-refractivity contribution in [1.29, 1.82) is 0 Å². The van der Waals surface area contributed by atoms with Crippen LogP contribution in [-0.4, -0.2) is 83.6 Å². The summed E-state index contributed by atoms with van der Waals surface area (Å²) in [5.41, 5.74) is 1.19. The second-order valence-electron chi connectivity index (χ2n) is 15.9. The molecular formula is C50H53ClN4O9. The zero-order chi connectivity index (χ0) is 45.1. The monoisotopic (exact) mass is 888 g/mol. The number of esters is 1. The molecule has 14 heteroatoms. The number of aromatic hydroxyl groups is 1. The summed E-state index contributed by atoms with van der Waals surface area (Å²) < 4.78 is 17.5. The van der Waals surface area contributed by atoms with Crippen molar-refractivity contribution in [2.24, 2.45) is 5.92 Å². The van der Waals surface area contributed by atoms with Crippen LogP contribution in [0, 0.1) is 5.92 Å². The largest absolute Gasteiger partial charge is 0.506 e. The van der Waals surface area contributed by atoms with E-state index in [0.717, 1.165) is 32.5 Å². The van der Waals surface area contributed by atoms with E-state index in [9.17, 15) is 29.7 Å². The summed E-state index contributed by atoms with van der Waals surface area (Å²) in [6.45, 7) is 3.79. The standard InChI is InChI=1S/C50H53ClN4O9/c1-62-45-28-41(42(51)26-35(45)29-52-30-44(57)39-16-18-43(56)47-40(39)17-19-46(58)54-47)48(59)53-22-9-25-63-38-15-8-14-37(27-38)50(61,36-12-6-3-7-13-36)49(60)64-32-34-20-23-55(24-21-34)31-33-10-4-2-5-11-33/h2-8,10-19,26-28,34,44,52,56-57,61H,9,20-25,29-32H2,1H3,(H,53,59)(H,54,58)/t44-,50?/m0/s1. The number of ether oxygens (including phenoxy) is 3. The first kappa shape index (κ1) is 45.8. The van der Waals surface area contributed by atoms with E-state index in [1.54, 1.807) is 72.8 Å². The smallest absolute Gasteiger partial charge is 0.347 e. The summed E-state index contributed by atoms with van der Waals surface area (Å²) in [7, 11) is 1.49. The number of halogens is 1. The predicted octanol–water partition coefficient (Wildman–Crippen LogP) is 6.61. The number of methoxy groups -OCH3 is 1. The lowest BCUT2D eigenvalue weighted by Gasteiger charge is -2.33. The number of nitrogens with zero attached hydrogens (tertiary/aromatic N) is 1. The van der Waals surface area contributed by atoms with Gasteiger partial charge in [-0.25, -0.2) is 4.79 Å². The molecule has 0 radical (unpaired) electrons. The van der Waals surface area contributed by atoms with Crippen molar-refractivity contribution < 1.29 is 39.1 Å².